The van der Waals surface area contributed by atoms with E-state index in [0.29, 0.717) is 6.42 Å². The normalized spacial score (nSPS) is 33.0. The molecule has 9 heavy (non-hydrogen) atoms. The number of rotatable bonds is 1. The number of hydrogen-bond acceptors (Lipinski definition) is 0. The van der Waals surface area contributed by atoms with Crippen molar-refractivity contribution in [3.63, 3.8) is 0 Å². The van der Waals surface area contributed by atoms with Gasteiger partial charge >= 0.3 is 0 Å². The lowest BCUT2D eigenvalue weighted by molar-refractivity contribution is 0.00600. The van der Waals surface area contributed by atoms with Crippen LogP contribution in [-0.4, -0.2) is 11.3 Å². The first-order chi connectivity index (χ1) is 4.14. The predicted molar refractivity (Wildman–Crippen MR) is 36.1 cm³/mol. The van der Waals surface area contributed by atoms with Crippen LogP contribution in [0.15, 0.2) is 0 Å². The molecule has 1 rings (SSSR count). The van der Waals surface area contributed by atoms with Gasteiger partial charge in [0.1, 0.15) is 0 Å². The molecule has 0 aromatic heterocycles. The molecule has 0 aromatic carbocycles. The van der Waals surface area contributed by atoms with Gasteiger partial charge in [-0.2, -0.15) is 0 Å². The van der Waals surface area contributed by atoms with Crippen LogP contribution in [0.3, 0.4) is 0 Å². The molecule has 0 unspecified atom stereocenters. The van der Waals surface area contributed by atoms with E-state index >= 15 is 0 Å². The van der Waals surface area contributed by atoms with E-state index in [1.807, 2.05) is 0 Å². The maximum Gasteiger partial charge on any atom is 0.248 e. The van der Waals surface area contributed by atoms with Crippen LogP contribution in [0.4, 0.5) is 8.78 Å². The van der Waals surface area contributed by atoms with Crippen molar-refractivity contribution in [3.8, 4) is 0 Å². The molecule has 0 N–H and O–H groups in total. The average Bonchev–Trinajstić information content (AvgIpc) is 2.10. The Morgan fingerprint density at radius 1 is 1.56 bits per heavy atom. The Labute approximate surface area is 61.8 Å². The first-order valence-electron chi connectivity index (χ1n) is 3.08. The zero-order valence-corrected chi connectivity index (χ0v) is 6.63. The standard InChI is InChI=1S/C6H9BrF2/c7-4-5-1-2-6(8,9)3-5/h5H,1-4H2/t5-/m1/s1. The van der Waals surface area contributed by atoms with Gasteiger partial charge < -0.3 is 0 Å². The van der Waals surface area contributed by atoms with Gasteiger partial charge in [0.2, 0.25) is 5.92 Å². The van der Waals surface area contributed by atoms with Crippen LogP contribution in [0.1, 0.15) is 19.3 Å². The second kappa shape index (κ2) is 2.52. The highest BCUT2D eigenvalue weighted by Crippen LogP contribution is 2.39. The highest BCUT2D eigenvalue weighted by atomic mass is 79.9. The average molecular weight is 199 g/mol. The smallest absolute Gasteiger partial charge is 0.207 e. The fraction of sp³-hybridized carbons (Fsp3) is 1.00. The molecule has 0 aliphatic heterocycles. The summed E-state index contributed by atoms with van der Waals surface area (Å²) in [6.07, 6.45) is 0.847. The summed E-state index contributed by atoms with van der Waals surface area (Å²) in [6.45, 7) is 0. The van der Waals surface area contributed by atoms with Crippen LogP contribution in [-0.2, 0) is 0 Å². The molecule has 3 heteroatoms. The SMILES string of the molecule is FC1(F)CC[C@@H](CBr)C1. The molecule has 1 atom stereocenters. The van der Waals surface area contributed by atoms with Crippen molar-refractivity contribution in [1.82, 2.24) is 0 Å². The highest BCUT2D eigenvalue weighted by Gasteiger charge is 2.38. The number of hydrogen-bond donors (Lipinski definition) is 0. The lowest BCUT2D eigenvalue weighted by Gasteiger charge is -2.06. The van der Waals surface area contributed by atoms with E-state index in [1.165, 1.54) is 0 Å². The maximum atomic E-state index is 12.4. The minimum Gasteiger partial charge on any atom is -0.207 e. The van der Waals surface area contributed by atoms with Crippen molar-refractivity contribution < 1.29 is 8.78 Å². The van der Waals surface area contributed by atoms with Crippen LogP contribution >= 0.6 is 15.9 Å². The van der Waals surface area contributed by atoms with Crippen molar-refractivity contribution in [2.24, 2.45) is 5.92 Å². The first-order valence-corrected chi connectivity index (χ1v) is 4.20. The summed E-state index contributed by atoms with van der Waals surface area (Å²) in [5.74, 6) is -2.15. The largest absolute Gasteiger partial charge is 0.248 e. The third kappa shape index (κ3) is 1.88. The van der Waals surface area contributed by atoms with Gasteiger partial charge in [0.25, 0.3) is 0 Å². The molecule has 0 aromatic rings. The van der Waals surface area contributed by atoms with E-state index in [2.05, 4.69) is 15.9 Å². The predicted octanol–water partition coefficient (Wildman–Crippen LogP) is 2.82. The van der Waals surface area contributed by atoms with Gasteiger partial charge in [0, 0.05) is 18.2 Å². The van der Waals surface area contributed by atoms with Crippen LogP contribution in [0.25, 0.3) is 0 Å². The lowest BCUT2D eigenvalue weighted by atomic mass is 10.1. The van der Waals surface area contributed by atoms with E-state index in [-0.39, 0.29) is 18.8 Å². The van der Waals surface area contributed by atoms with Gasteiger partial charge in [-0.05, 0) is 12.3 Å². The molecule has 0 bridgehead atoms. The fourth-order valence-electron chi connectivity index (χ4n) is 1.17. The van der Waals surface area contributed by atoms with Gasteiger partial charge in [-0.3, -0.25) is 0 Å². The van der Waals surface area contributed by atoms with Crippen molar-refractivity contribution in [2.75, 3.05) is 5.33 Å². The summed E-state index contributed by atoms with van der Waals surface area (Å²) in [4.78, 5) is 0. The minimum atomic E-state index is -2.36. The number of halogens is 3. The summed E-state index contributed by atoms with van der Waals surface area (Å²) < 4.78 is 24.7. The lowest BCUT2D eigenvalue weighted by Crippen LogP contribution is -2.09. The minimum absolute atomic E-state index is 0.0816. The Balaban J connectivity index is 2.38. The molecule has 1 aliphatic rings. The van der Waals surface area contributed by atoms with Gasteiger partial charge in [-0.1, -0.05) is 15.9 Å². The fourth-order valence-corrected chi connectivity index (χ4v) is 1.73. The Bertz CT molecular complexity index is 103. The molecule has 0 nitrogen and oxygen atoms in total. The monoisotopic (exact) mass is 198 g/mol. The second-order valence-corrected chi connectivity index (χ2v) is 3.27. The first kappa shape index (κ1) is 7.45. The quantitative estimate of drug-likeness (QED) is 0.569. The van der Waals surface area contributed by atoms with Gasteiger partial charge in [0.15, 0.2) is 0 Å². The molecule has 1 saturated carbocycles. The molecule has 0 spiro atoms. The molecule has 0 saturated heterocycles. The zero-order chi connectivity index (χ0) is 6.91. The molecule has 1 aliphatic carbocycles. The Kier molecular flexibility index (Phi) is 2.09. The van der Waals surface area contributed by atoms with E-state index in [9.17, 15) is 8.78 Å². The van der Waals surface area contributed by atoms with E-state index in [0.717, 1.165) is 5.33 Å². The summed E-state index contributed by atoms with van der Waals surface area (Å²) >= 11 is 3.19. The van der Waals surface area contributed by atoms with Crippen molar-refractivity contribution >= 4 is 15.9 Å². The molecule has 0 heterocycles. The van der Waals surface area contributed by atoms with E-state index in [1.54, 1.807) is 0 Å². The highest BCUT2D eigenvalue weighted by molar-refractivity contribution is 9.09. The van der Waals surface area contributed by atoms with Crippen molar-refractivity contribution in [1.29, 1.82) is 0 Å². The molecule has 0 radical (unpaired) electrons. The van der Waals surface area contributed by atoms with Gasteiger partial charge in [-0.25, -0.2) is 8.78 Å². The third-order valence-corrected chi connectivity index (χ3v) is 2.64. The number of alkyl halides is 3. The van der Waals surface area contributed by atoms with E-state index in [4.69, 9.17) is 0 Å². The Morgan fingerprint density at radius 3 is 2.44 bits per heavy atom. The van der Waals surface area contributed by atoms with Crippen LogP contribution in [0.5, 0.6) is 0 Å². The topological polar surface area (TPSA) is 0 Å². The maximum absolute atomic E-state index is 12.4. The van der Waals surface area contributed by atoms with Crippen LogP contribution in [0, 0.1) is 5.92 Å². The van der Waals surface area contributed by atoms with Crippen LogP contribution in [0.2, 0.25) is 0 Å². The zero-order valence-electron chi connectivity index (χ0n) is 5.04. The van der Waals surface area contributed by atoms with Crippen LogP contribution < -0.4 is 0 Å². The van der Waals surface area contributed by atoms with Gasteiger partial charge in [-0.15, -0.1) is 0 Å². The van der Waals surface area contributed by atoms with E-state index < -0.39 is 5.92 Å². The summed E-state index contributed by atoms with van der Waals surface area (Å²) in [5.41, 5.74) is 0. The molecular formula is C6H9BrF2. The summed E-state index contributed by atoms with van der Waals surface area (Å²) in [7, 11) is 0. The summed E-state index contributed by atoms with van der Waals surface area (Å²) in [5, 5.41) is 0.725. The molecule has 54 valence electrons. The Hall–Kier alpha value is 0.340. The summed E-state index contributed by atoms with van der Waals surface area (Å²) in [6, 6.07) is 0. The second-order valence-electron chi connectivity index (χ2n) is 2.62. The molecular weight excluding hydrogens is 190 g/mol. The Morgan fingerprint density at radius 2 is 2.22 bits per heavy atom. The van der Waals surface area contributed by atoms with Crippen molar-refractivity contribution in [2.45, 2.75) is 25.2 Å². The van der Waals surface area contributed by atoms with Crippen molar-refractivity contribution in [3.05, 3.63) is 0 Å². The molecule has 0 amide bonds. The van der Waals surface area contributed by atoms with Gasteiger partial charge in [0.05, 0.1) is 0 Å². The third-order valence-electron chi connectivity index (χ3n) is 1.72. The molecule has 1 fully saturated rings.